The molecule has 0 aromatic heterocycles. The quantitative estimate of drug-likeness (QED) is 0.813. The van der Waals surface area contributed by atoms with E-state index in [1.807, 2.05) is 13.0 Å². The largest absolute Gasteiger partial charge is 0.503 e. The lowest BCUT2D eigenvalue weighted by Gasteiger charge is -2.48. The van der Waals surface area contributed by atoms with Crippen LogP contribution >= 0.6 is 11.6 Å². The number of phenols is 1. The first kappa shape index (κ1) is 19.4. The zero-order chi connectivity index (χ0) is 20.1. The summed E-state index contributed by atoms with van der Waals surface area (Å²) in [4.78, 5) is 26.4. The number of hydrogen-bond acceptors (Lipinski definition) is 4. The second-order valence-corrected chi connectivity index (χ2v) is 7.82. The summed E-state index contributed by atoms with van der Waals surface area (Å²) in [5, 5.41) is 10.2. The third-order valence-corrected chi connectivity index (χ3v) is 6.45. The molecule has 1 aromatic carbocycles. The van der Waals surface area contributed by atoms with Gasteiger partial charge in [-0.05, 0) is 54.7 Å². The van der Waals surface area contributed by atoms with Gasteiger partial charge in [0.2, 0.25) is 0 Å². The average molecular weight is 387 g/mol. The van der Waals surface area contributed by atoms with E-state index in [1.54, 1.807) is 32.1 Å². The van der Waals surface area contributed by atoms with E-state index in [-0.39, 0.29) is 28.1 Å². The second kappa shape index (κ2) is 6.68. The average Bonchev–Trinajstić information content (AvgIpc) is 2.66. The standard InChI is InChI=1S/C22H23ClO4/c1-6-13-7-8-15-19(24)11(2)12(3)21(26)22(15,4)18(13)14-9-16(23)20(25)17(10-14)27-5/h6-7,9-10,15,18,25H,1,8H2,2-5H3. The molecule has 0 amide bonds. The summed E-state index contributed by atoms with van der Waals surface area (Å²) in [6.45, 7) is 9.18. The van der Waals surface area contributed by atoms with Gasteiger partial charge in [0.1, 0.15) is 0 Å². The first-order valence-corrected chi connectivity index (χ1v) is 9.21. The van der Waals surface area contributed by atoms with Gasteiger partial charge >= 0.3 is 0 Å². The number of aromatic hydroxyl groups is 1. The molecule has 3 unspecified atom stereocenters. The summed E-state index contributed by atoms with van der Waals surface area (Å²) in [6.07, 6.45) is 4.18. The van der Waals surface area contributed by atoms with E-state index >= 15 is 0 Å². The molecule has 1 N–H and O–H groups in total. The maximum absolute atomic E-state index is 13.4. The molecular formula is C22H23ClO4. The topological polar surface area (TPSA) is 63.6 Å². The van der Waals surface area contributed by atoms with Crippen LogP contribution in [0.25, 0.3) is 0 Å². The fraction of sp³-hybridized carbons (Fsp3) is 0.364. The molecular weight excluding hydrogens is 364 g/mol. The Hall–Kier alpha value is -2.33. The number of carbonyl (C=O) groups excluding carboxylic acids is 2. The molecule has 0 spiro atoms. The van der Waals surface area contributed by atoms with Gasteiger partial charge in [-0.15, -0.1) is 0 Å². The van der Waals surface area contributed by atoms with Crippen LogP contribution in [0.2, 0.25) is 5.02 Å². The molecule has 142 valence electrons. The Bertz CT molecular complexity index is 924. The summed E-state index contributed by atoms with van der Waals surface area (Å²) >= 11 is 6.21. The number of halogens is 1. The first-order chi connectivity index (χ1) is 12.7. The minimum Gasteiger partial charge on any atom is -0.503 e. The lowest BCUT2D eigenvalue weighted by Crippen LogP contribution is -2.50. The molecule has 0 bridgehead atoms. The zero-order valence-electron chi connectivity index (χ0n) is 15.9. The van der Waals surface area contributed by atoms with Crippen molar-refractivity contribution >= 4 is 23.2 Å². The Morgan fingerprint density at radius 2 is 1.96 bits per heavy atom. The molecule has 0 aliphatic heterocycles. The molecule has 1 aromatic rings. The predicted octanol–water partition coefficient (Wildman–Crippen LogP) is 4.76. The third kappa shape index (κ3) is 2.66. The highest BCUT2D eigenvalue weighted by Gasteiger charge is 2.56. The van der Waals surface area contributed by atoms with Crippen LogP contribution in [0.1, 0.15) is 38.7 Å². The number of benzene rings is 1. The van der Waals surface area contributed by atoms with Gasteiger partial charge in [-0.25, -0.2) is 0 Å². The fourth-order valence-corrected chi connectivity index (χ4v) is 4.73. The molecule has 4 nitrogen and oxygen atoms in total. The van der Waals surface area contributed by atoms with Gasteiger partial charge in [0.25, 0.3) is 0 Å². The highest BCUT2D eigenvalue weighted by molar-refractivity contribution is 6.32. The lowest BCUT2D eigenvalue weighted by atomic mass is 9.52. The van der Waals surface area contributed by atoms with Crippen molar-refractivity contribution in [2.75, 3.05) is 7.11 Å². The van der Waals surface area contributed by atoms with Gasteiger partial charge in [-0.1, -0.05) is 37.3 Å². The predicted molar refractivity (Wildman–Crippen MR) is 105 cm³/mol. The van der Waals surface area contributed by atoms with Crippen molar-refractivity contribution in [2.45, 2.75) is 33.1 Å². The third-order valence-electron chi connectivity index (χ3n) is 6.16. The maximum Gasteiger partial charge on any atom is 0.176 e. The number of rotatable bonds is 3. The molecule has 0 saturated carbocycles. The number of carbonyl (C=O) groups is 2. The van der Waals surface area contributed by atoms with E-state index in [0.29, 0.717) is 23.1 Å². The van der Waals surface area contributed by atoms with Gasteiger partial charge < -0.3 is 9.84 Å². The van der Waals surface area contributed by atoms with Gasteiger partial charge in [0.05, 0.1) is 17.5 Å². The van der Waals surface area contributed by atoms with Crippen LogP contribution in [0, 0.1) is 11.3 Å². The lowest BCUT2D eigenvalue weighted by molar-refractivity contribution is -0.138. The van der Waals surface area contributed by atoms with E-state index in [9.17, 15) is 14.7 Å². The number of fused-ring (bicyclic) bond motifs is 1. The van der Waals surface area contributed by atoms with Gasteiger partial charge in [-0.3, -0.25) is 9.59 Å². The van der Waals surface area contributed by atoms with E-state index in [1.165, 1.54) is 7.11 Å². The van der Waals surface area contributed by atoms with Crippen LogP contribution in [-0.4, -0.2) is 23.8 Å². The van der Waals surface area contributed by atoms with Crippen LogP contribution in [0.3, 0.4) is 0 Å². The summed E-state index contributed by atoms with van der Waals surface area (Å²) in [5.41, 5.74) is 1.67. The zero-order valence-corrected chi connectivity index (χ0v) is 16.7. The number of ketones is 2. The van der Waals surface area contributed by atoms with E-state index in [2.05, 4.69) is 6.58 Å². The maximum atomic E-state index is 13.4. The van der Waals surface area contributed by atoms with Crippen LogP contribution in [0.15, 0.2) is 47.6 Å². The van der Waals surface area contributed by atoms with Crippen molar-refractivity contribution in [3.63, 3.8) is 0 Å². The van der Waals surface area contributed by atoms with Crippen molar-refractivity contribution in [2.24, 2.45) is 11.3 Å². The molecule has 0 radical (unpaired) electrons. The van der Waals surface area contributed by atoms with Crippen molar-refractivity contribution in [3.8, 4) is 11.5 Å². The molecule has 5 heteroatoms. The Morgan fingerprint density at radius 1 is 1.30 bits per heavy atom. The molecule has 0 saturated heterocycles. The van der Waals surface area contributed by atoms with Crippen molar-refractivity contribution < 1.29 is 19.4 Å². The minimum absolute atomic E-state index is 0.0100. The Labute approximate surface area is 164 Å². The number of phenolic OH excluding ortho intramolecular Hbond substituents is 1. The molecule has 27 heavy (non-hydrogen) atoms. The Kier molecular flexibility index (Phi) is 4.81. The molecule has 0 heterocycles. The number of Topliss-reactive ketones (excluding diaryl/α,β-unsaturated/α-hetero) is 2. The molecule has 2 aliphatic carbocycles. The number of methoxy groups -OCH3 is 1. The Balaban J connectivity index is 2.29. The van der Waals surface area contributed by atoms with Crippen LogP contribution in [0.4, 0.5) is 0 Å². The monoisotopic (exact) mass is 386 g/mol. The fourth-order valence-electron chi connectivity index (χ4n) is 4.51. The van der Waals surface area contributed by atoms with Crippen LogP contribution in [-0.2, 0) is 9.59 Å². The molecule has 3 rings (SSSR count). The first-order valence-electron chi connectivity index (χ1n) is 8.83. The highest BCUT2D eigenvalue weighted by Crippen LogP contribution is 2.56. The summed E-state index contributed by atoms with van der Waals surface area (Å²) < 4.78 is 5.24. The number of ether oxygens (including phenoxy) is 1. The molecule has 0 fully saturated rings. The van der Waals surface area contributed by atoms with Gasteiger partial charge in [-0.2, -0.15) is 0 Å². The van der Waals surface area contributed by atoms with Crippen molar-refractivity contribution in [1.29, 1.82) is 0 Å². The summed E-state index contributed by atoms with van der Waals surface area (Å²) in [7, 11) is 1.44. The van der Waals surface area contributed by atoms with Gasteiger partial charge in [0.15, 0.2) is 23.1 Å². The van der Waals surface area contributed by atoms with E-state index in [0.717, 1.165) is 5.57 Å². The van der Waals surface area contributed by atoms with Crippen molar-refractivity contribution in [3.05, 3.63) is 58.2 Å². The molecule has 3 atom stereocenters. The Morgan fingerprint density at radius 3 is 2.56 bits per heavy atom. The van der Waals surface area contributed by atoms with E-state index < -0.39 is 17.3 Å². The molecule has 2 aliphatic rings. The number of allylic oxidation sites excluding steroid dienone is 5. The van der Waals surface area contributed by atoms with Crippen molar-refractivity contribution in [1.82, 2.24) is 0 Å². The minimum atomic E-state index is -0.954. The van der Waals surface area contributed by atoms with E-state index in [4.69, 9.17) is 16.3 Å². The second-order valence-electron chi connectivity index (χ2n) is 7.41. The van der Waals surface area contributed by atoms with Crippen LogP contribution < -0.4 is 4.74 Å². The number of hydrogen-bond donors (Lipinski definition) is 1. The SMILES string of the molecule is C=CC1=CCC2C(=O)C(C)=C(C)C(=O)C2(C)C1c1cc(Cl)c(O)c(OC)c1. The van der Waals surface area contributed by atoms with Crippen LogP contribution in [0.5, 0.6) is 11.5 Å². The smallest absolute Gasteiger partial charge is 0.176 e. The normalized spacial score (nSPS) is 28.0. The highest BCUT2D eigenvalue weighted by atomic mass is 35.5. The summed E-state index contributed by atoms with van der Waals surface area (Å²) in [6, 6.07) is 3.31. The summed E-state index contributed by atoms with van der Waals surface area (Å²) in [5.74, 6) is -0.811. The van der Waals surface area contributed by atoms with Gasteiger partial charge in [0, 0.05) is 11.8 Å².